The van der Waals surface area contributed by atoms with Gasteiger partial charge in [0.15, 0.2) is 5.82 Å². The number of halogens is 2. The Kier molecular flexibility index (Phi) is 5.53. The summed E-state index contributed by atoms with van der Waals surface area (Å²) >= 11 is 9.81. The average Bonchev–Trinajstić information content (AvgIpc) is 2.43. The minimum Gasteiger partial charge on any atom is -0.369 e. The Morgan fingerprint density at radius 1 is 1.33 bits per heavy atom. The summed E-state index contributed by atoms with van der Waals surface area (Å²) in [7, 11) is 0. The fourth-order valence-electron chi connectivity index (χ4n) is 1.96. The highest BCUT2D eigenvalue weighted by atomic mass is 79.9. The van der Waals surface area contributed by atoms with Crippen LogP contribution < -0.4 is 5.32 Å². The second kappa shape index (κ2) is 7.18. The van der Waals surface area contributed by atoms with Gasteiger partial charge in [-0.2, -0.15) is 0 Å². The molecule has 2 heterocycles. The zero-order valence-corrected chi connectivity index (χ0v) is 14.7. The van der Waals surface area contributed by atoms with Gasteiger partial charge in [0.1, 0.15) is 11.5 Å². The van der Waals surface area contributed by atoms with E-state index < -0.39 is 0 Å². The van der Waals surface area contributed by atoms with E-state index in [4.69, 9.17) is 11.6 Å². The van der Waals surface area contributed by atoms with Crippen molar-refractivity contribution in [1.82, 2.24) is 15.0 Å². The molecule has 2 aromatic rings. The van der Waals surface area contributed by atoms with Gasteiger partial charge in [0.05, 0.1) is 15.2 Å². The number of nitrogens with zero attached hydrogens (tertiary/aromatic N) is 3. The maximum atomic E-state index is 6.21. The van der Waals surface area contributed by atoms with Crippen LogP contribution in [0.25, 0.3) is 11.5 Å². The van der Waals surface area contributed by atoms with Crippen LogP contribution in [0.2, 0.25) is 5.02 Å². The third-order valence-corrected chi connectivity index (χ3v) is 3.97. The van der Waals surface area contributed by atoms with E-state index in [1.165, 1.54) is 0 Å². The van der Waals surface area contributed by atoms with Gasteiger partial charge >= 0.3 is 0 Å². The number of hydrogen-bond donors (Lipinski definition) is 1. The normalized spacial score (nSPS) is 11.0. The largest absolute Gasteiger partial charge is 0.369 e. The van der Waals surface area contributed by atoms with Crippen LogP contribution in [0.5, 0.6) is 0 Å². The first kappa shape index (κ1) is 16.2. The molecule has 6 heteroatoms. The highest BCUT2D eigenvalue weighted by Gasteiger charge is 2.16. The summed E-state index contributed by atoms with van der Waals surface area (Å²) in [5.74, 6) is 1.83. The van der Waals surface area contributed by atoms with E-state index in [1.807, 2.05) is 6.92 Å². The van der Waals surface area contributed by atoms with E-state index in [0.29, 0.717) is 22.5 Å². The molecule has 2 aromatic heterocycles. The van der Waals surface area contributed by atoms with Gasteiger partial charge in [0, 0.05) is 12.7 Å². The van der Waals surface area contributed by atoms with E-state index in [9.17, 15) is 0 Å². The minimum atomic E-state index is 0.498. The number of pyridine rings is 1. The summed E-state index contributed by atoms with van der Waals surface area (Å²) < 4.78 is 0.911. The smallest absolute Gasteiger partial charge is 0.182 e. The molecule has 4 nitrogen and oxygen atoms in total. The van der Waals surface area contributed by atoms with Crippen LogP contribution in [-0.2, 0) is 6.42 Å². The van der Waals surface area contributed by atoms with E-state index >= 15 is 0 Å². The second-order valence-corrected chi connectivity index (χ2v) is 6.32. The van der Waals surface area contributed by atoms with Crippen LogP contribution >= 0.6 is 27.5 Å². The summed E-state index contributed by atoms with van der Waals surface area (Å²) in [5.41, 5.74) is 1.57. The van der Waals surface area contributed by atoms with Crippen molar-refractivity contribution in [2.24, 2.45) is 5.92 Å². The van der Waals surface area contributed by atoms with Gasteiger partial charge in [-0.15, -0.1) is 0 Å². The number of anilines is 1. The quantitative estimate of drug-likeness (QED) is 0.838. The number of aromatic nitrogens is 3. The lowest BCUT2D eigenvalue weighted by molar-refractivity contribution is 0.632. The summed E-state index contributed by atoms with van der Waals surface area (Å²) in [6, 6.07) is 3.59. The van der Waals surface area contributed by atoms with Crippen molar-refractivity contribution in [3.05, 3.63) is 33.5 Å². The minimum absolute atomic E-state index is 0.498. The number of nitrogens with one attached hydrogen (secondary N) is 1. The van der Waals surface area contributed by atoms with E-state index in [1.54, 1.807) is 18.3 Å². The van der Waals surface area contributed by atoms with Crippen LogP contribution in [0, 0.1) is 5.92 Å². The van der Waals surface area contributed by atoms with E-state index in [0.717, 1.165) is 29.0 Å². The summed E-state index contributed by atoms with van der Waals surface area (Å²) in [6.45, 7) is 7.14. The second-order valence-electron chi connectivity index (χ2n) is 5.12. The van der Waals surface area contributed by atoms with Gasteiger partial charge in [-0.3, -0.25) is 4.98 Å². The molecular weight excluding hydrogens is 352 g/mol. The molecule has 0 aromatic carbocycles. The van der Waals surface area contributed by atoms with Crippen molar-refractivity contribution in [3.8, 4) is 11.5 Å². The molecule has 112 valence electrons. The number of rotatable bonds is 5. The molecular formula is C15H18BrClN4. The Labute approximate surface area is 138 Å². The molecule has 0 unspecified atom stereocenters. The van der Waals surface area contributed by atoms with Gasteiger partial charge in [0.2, 0.25) is 0 Å². The number of hydrogen-bond acceptors (Lipinski definition) is 4. The molecule has 0 radical (unpaired) electrons. The van der Waals surface area contributed by atoms with Gasteiger partial charge in [-0.25, -0.2) is 9.97 Å². The van der Waals surface area contributed by atoms with Crippen LogP contribution in [0.3, 0.4) is 0 Å². The molecule has 0 aliphatic rings. The van der Waals surface area contributed by atoms with Crippen molar-refractivity contribution in [1.29, 1.82) is 0 Å². The third-order valence-electron chi connectivity index (χ3n) is 2.84. The molecule has 0 saturated carbocycles. The van der Waals surface area contributed by atoms with Crippen molar-refractivity contribution in [2.45, 2.75) is 27.2 Å². The Morgan fingerprint density at radius 2 is 2.10 bits per heavy atom. The summed E-state index contributed by atoms with van der Waals surface area (Å²) in [6.07, 6.45) is 2.56. The van der Waals surface area contributed by atoms with Gasteiger partial charge in [-0.1, -0.05) is 25.4 Å². The zero-order valence-electron chi connectivity index (χ0n) is 12.3. The summed E-state index contributed by atoms with van der Waals surface area (Å²) in [5, 5.41) is 3.80. The Morgan fingerprint density at radius 3 is 2.71 bits per heavy atom. The standard InChI is InChI=1S/C15H18BrClN4/c1-4-18-14-12(16)11(8-9(2)3)20-15(21-14)13-10(17)6-5-7-19-13/h5-7,9H,4,8H2,1-3H3,(H,18,20,21). The topological polar surface area (TPSA) is 50.7 Å². The molecule has 0 amide bonds. The lowest BCUT2D eigenvalue weighted by Crippen LogP contribution is -2.08. The maximum Gasteiger partial charge on any atom is 0.182 e. The first-order valence-electron chi connectivity index (χ1n) is 6.94. The van der Waals surface area contributed by atoms with Crippen molar-refractivity contribution in [3.63, 3.8) is 0 Å². The Hall–Kier alpha value is -1.20. The third kappa shape index (κ3) is 3.92. The van der Waals surface area contributed by atoms with Crippen LogP contribution in [-0.4, -0.2) is 21.5 Å². The highest BCUT2D eigenvalue weighted by molar-refractivity contribution is 9.10. The maximum absolute atomic E-state index is 6.21. The molecule has 0 fully saturated rings. The zero-order chi connectivity index (χ0) is 15.4. The lowest BCUT2D eigenvalue weighted by Gasteiger charge is -2.13. The SMILES string of the molecule is CCNc1nc(-c2ncccc2Cl)nc(CC(C)C)c1Br. The molecule has 0 atom stereocenters. The fourth-order valence-corrected chi connectivity index (χ4v) is 2.64. The Balaban J connectivity index is 2.56. The molecule has 21 heavy (non-hydrogen) atoms. The molecule has 2 rings (SSSR count). The lowest BCUT2D eigenvalue weighted by atomic mass is 10.1. The van der Waals surface area contributed by atoms with Gasteiger partial charge in [-0.05, 0) is 47.3 Å². The monoisotopic (exact) mass is 368 g/mol. The molecule has 0 bridgehead atoms. The van der Waals surface area contributed by atoms with Crippen molar-refractivity contribution in [2.75, 3.05) is 11.9 Å². The van der Waals surface area contributed by atoms with Gasteiger partial charge in [0.25, 0.3) is 0 Å². The highest BCUT2D eigenvalue weighted by Crippen LogP contribution is 2.30. The predicted molar refractivity (Wildman–Crippen MR) is 90.7 cm³/mol. The molecule has 0 saturated heterocycles. The van der Waals surface area contributed by atoms with Crippen LogP contribution in [0.4, 0.5) is 5.82 Å². The Bertz CT molecular complexity index is 631. The molecule has 1 N–H and O–H groups in total. The molecule has 0 spiro atoms. The molecule has 0 aliphatic heterocycles. The van der Waals surface area contributed by atoms with Crippen LogP contribution in [0.15, 0.2) is 22.8 Å². The van der Waals surface area contributed by atoms with Crippen molar-refractivity contribution >= 4 is 33.3 Å². The summed E-state index contributed by atoms with van der Waals surface area (Å²) in [4.78, 5) is 13.5. The van der Waals surface area contributed by atoms with Gasteiger partial charge < -0.3 is 5.32 Å². The predicted octanol–water partition coefficient (Wildman–Crippen LogP) is 4.58. The van der Waals surface area contributed by atoms with Crippen molar-refractivity contribution < 1.29 is 0 Å². The van der Waals surface area contributed by atoms with Crippen LogP contribution in [0.1, 0.15) is 26.5 Å². The average molecular weight is 370 g/mol. The fraction of sp³-hybridized carbons (Fsp3) is 0.400. The van der Waals surface area contributed by atoms with E-state index in [-0.39, 0.29) is 0 Å². The molecule has 0 aliphatic carbocycles. The van der Waals surface area contributed by atoms with E-state index in [2.05, 4.69) is 50.0 Å². The first-order valence-corrected chi connectivity index (χ1v) is 8.11. The first-order chi connectivity index (χ1) is 10.0.